The zero-order chi connectivity index (χ0) is 11.5. The number of hydrogen-bond donors (Lipinski definition) is 0. The molecule has 0 radical (unpaired) electrons. The SMILES string of the molecule is COc1ccc(-n2cc(Br)cnc2=O)cc1. The van der Waals surface area contributed by atoms with Crippen LogP contribution in [0.4, 0.5) is 0 Å². The largest absolute Gasteiger partial charge is 0.497 e. The van der Waals surface area contributed by atoms with Gasteiger partial charge in [-0.3, -0.25) is 4.57 Å². The van der Waals surface area contributed by atoms with Gasteiger partial charge in [-0.2, -0.15) is 0 Å². The van der Waals surface area contributed by atoms with Crippen molar-refractivity contribution in [3.8, 4) is 11.4 Å². The maximum Gasteiger partial charge on any atom is 0.352 e. The Labute approximate surface area is 101 Å². The van der Waals surface area contributed by atoms with Gasteiger partial charge in [0.05, 0.1) is 17.3 Å². The van der Waals surface area contributed by atoms with Crippen LogP contribution in [0.3, 0.4) is 0 Å². The molecule has 0 bridgehead atoms. The van der Waals surface area contributed by atoms with Gasteiger partial charge in [-0.25, -0.2) is 9.78 Å². The van der Waals surface area contributed by atoms with Crippen LogP contribution in [0.5, 0.6) is 5.75 Å². The predicted octanol–water partition coefficient (Wildman–Crippen LogP) is 2.00. The number of ether oxygens (including phenoxy) is 1. The van der Waals surface area contributed by atoms with Gasteiger partial charge in [-0.15, -0.1) is 0 Å². The van der Waals surface area contributed by atoms with Gasteiger partial charge in [-0.1, -0.05) is 0 Å². The number of rotatable bonds is 2. The highest BCUT2D eigenvalue weighted by Crippen LogP contribution is 2.14. The molecule has 2 rings (SSSR count). The molecule has 0 saturated heterocycles. The summed E-state index contributed by atoms with van der Waals surface area (Å²) in [7, 11) is 1.60. The lowest BCUT2D eigenvalue weighted by Crippen LogP contribution is -2.20. The van der Waals surface area contributed by atoms with Gasteiger partial charge in [0.1, 0.15) is 5.75 Å². The highest BCUT2D eigenvalue weighted by atomic mass is 79.9. The van der Waals surface area contributed by atoms with E-state index in [2.05, 4.69) is 20.9 Å². The van der Waals surface area contributed by atoms with E-state index in [1.54, 1.807) is 37.6 Å². The fourth-order valence-electron chi connectivity index (χ4n) is 1.32. The Morgan fingerprint density at radius 2 is 2.00 bits per heavy atom. The highest BCUT2D eigenvalue weighted by molar-refractivity contribution is 9.10. The average Bonchev–Trinajstić information content (AvgIpc) is 2.32. The van der Waals surface area contributed by atoms with Crippen LogP contribution in [0.1, 0.15) is 0 Å². The van der Waals surface area contributed by atoms with Crippen molar-refractivity contribution in [1.82, 2.24) is 9.55 Å². The van der Waals surface area contributed by atoms with Crippen LogP contribution in [0.2, 0.25) is 0 Å². The fourth-order valence-corrected chi connectivity index (χ4v) is 1.63. The number of halogens is 1. The summed E-state index contributed by atoms with van der Waals surface area (Å²) < 4.78 is 7.26. The minimum atomic E-state index is -0.312. The van der Waals surface area contributed by atoms with E-state index in [1.165, 1.54) is 10.8 Å². The van der Waals surface area contributed by atoms with E-state index >= 15 is 0 Å². The molecule has 0 spiro atoms. The summed E-state index contributed by atoms with van der Waals surface area (Å²) in [5.74, 6) is 0.750. The van der Waals surface area contributed by atoms with Gasteiger partial charge in [-0.05, 0) is 40.2 Å². The van der Waals surface area contributed by atoms with Crippen LogP contribution in [0.15, 0.2) is 45.9 Å². The number of hydrogen-bond acceptors (Lipinski definition) is 3. The van der Waals surface area contributed by atoms with Crippen LogP contribution < -0.4 is 10.4 Å². The Morgan fingerprint density at radius 1 is 1.31 bits per heavy atom. The van der Waals surface area contributed by atoms with Gasteiger partial charge < -0.3 is 4.74 Å². The molecule has 5 heteroatoms. The summed E-state index contributed by atoms with van der Waals surface area (Å²) in [6, 6.07) is 7.19. The molecule has 4 nitrogen and oxygen atoms in total. The quantitative estimate of drug-likeness (QED) is 0.845. The second kappa shape index (κ2) is 4.49. The Morgan fingerprint density at radius 3 is 2.62 bits per heavy atom. The average molecular weight is 281 g/mol. The summed E-state index contributed by atoms with van der Waals surface area (Å²) in [4.78, 5) is 15.3. The summed E-state index contributed by atoms with van der Waals surface area (Å²) in [6.45, 7) is 0. The van der Waals surface area contributed by atoms with Crippen molar-refractivity contribution < 1.29 is 4.74 Å². The van der Waals surface area contributed by atoms with Gasteiger partial charge >= 0.3 is 5.69 Å². The molecule has 2 aromatic rings. The lowest BCUT2D eigenvalue weighted by molar-refractivity contribution is 0.414. The topological polar surface area (TPSA) is 44.1 Å². The first-order valence-electron chi connectivity index (χ1n) is 4.59. The molecular weight excluding hydrogens is 272 g/mol. The van der Waals surface area contributed by atoms with Crippen molar-refractivity contribution >= 4 is 15.9 Å². The molecule has 0 N–H and O–H groups in total. The summed E-state index contributed by atoms with van der Waals surface area (Å²) in [6.07, 6.45) is 3.15. The van der Waals surface area contributed by atoms with E-state index in [9.17, 15) is 4.79 Å². The molecule has 0 unspecified atom stereocenters. The first-order valence-corrected chi connectivity index (χ1v) is 5.38. The molecule has 0 aliphatic heterocycles. The van der Waals surface area contributed by atoms with Crippen molar-refractivity contribution in [3.63, 3.8) is 0 Å². The number of methoxy groups -OCH3 is 1. The Balaban J connectivity index is 2.50. The standard InChI is InChI=1S/C11H9BrN2O2/c1-16-10-4-2-9(3-5-10)14-7-8(12)6-13-11(14)15/h2-7H,1H3. The van der Waals surface area contributed by atoms with E-state index in [4.69, 9.17) is 4.74 Å². The minimum absolute atomic E-state index is 0.312. The van der Waals surface area contributed by atoms with Crippen LogP contribution in [-0.4, -0.2) is 16.7 Å². The molecule has 0 amide bonds. The van der Waals surface area contributed by atoms with Crippen molar-refractivity contribution in [2.75, 3.05) is 7.11 Å². The summed E-state index contributed by atoms with van der Waals surface area (Å²) in [5.41, 5.74) is 0.438. The number of nitrogens with zero attached hydrogens (tertiary/aromatic N) is 2. The second-order valence-electron chi connectivity index (χ2n) is 3.12. The summed E-state index contributed by atoms with van der Waals surface area (Å²) >= 11 is 3.27. The highest BCUT2D eigenvalue weighted by Gasteiger charge is 2.01. The fraction of sp³-hybridized carbons (Fsp3) is 0.0909. The third-order valence-electron chi connectivity index (χ3n) is 2.11. The van der Waals surface area contributed by atoms with E-state index < -0.39 is 0 Å². The Hall–Kier alpha value is -1.62. The lowest BCUT2D eigenvalue weighted by atomic mass is 10.3. The van der Waals surface area contributed by atoms with Crippen LogP contribution in [-0.2, 0) is 0 Å². The number of aromatic nitrogens is 2. The molecule has 16 heavy (non-hydrogen) atoms. The predicted molar refractivity (Wildman–Crippen MR) is 64.1 cm³/mol. The van der Waals surface area contributed by atoms with Crippen molar-refractivity contribution in [1.29, 1.82) is 0 Å². The Kier molecular flexibility index (Phi) is 3.05. The zero-order valence-electron chi connectivity index (χ0n) is 8.55. The third-order valence-corrected chi connectivity index (χ3v) is 2.52. The molecule has 82 valence electrons. The first kappa shape index (κ1) is 10.9. The van der Waals surface area contributed by atoms with E-state index in [0.717, 1.165) is 15.9 Å². The molecule has 0 aliphatic rings. The molecule has 0 aliphatic carbocycles. The summed E-state index contributed by atoms with van der Waals surface area (Å²) in [5, 5.41) is 0. The number of benzene rings is 1. The zero-order valence-corrected chi connectivity index (χ0v) is 10.1. The molecule has 1 aromatic heterocycles. The van der Waals surface area contributed by atoms with E-state index in [0.29, 0.717) is 0 Å². The monoisotopic (exact) mass is 280 g/mol. The van der Waals surface area contributed by atoms with Crippen LogP contribution >= 0.6 is 15.9 Å². The molecule has 1 heterocycles. The normalized spacial score (nSPS) is 10.1. The second-order valence-corrected chi connectivity index (χ2v) is 4.04. The maximum absolute atomic E-state index is 11.5. The van der Waals surface area contributed by atoms with Crippen LogP contribution in [0.25, 0.3) is 5.69 Å². The lowest BCUT2D eigenvalue weighted by Gasteiger charge is -2.06. The smallest absolute Gasteiger partial charge is 0.352 e. The molecule has 1 aromatic carbocycles. The van der Waals surface area contributed by atoms with E-state index in [1.807, 2.05) is 0 Å². The van der Waals surface area contributed by atoms with Crippen molar-refractivity contribution in [2.45, 2.75) is 0 Å². The molecular formula is C11H9BrN2O2. The van der Waals surface area contributed by atoms with Gasteiger partial charge in [0.15, 0.2) is 0 Å². The van der Waals surface area contributed by atoms with Gasteiger partial charge in [0.25, 0.3) is 0 Å². The Bertz CT molecular complexity index is 549. The van der Waals surface area contributed by atoms with Gasteiger partial charge in [0, 0.05) is 12.4 Å². The maximum atomic E-state index is 11.5. The molecule has 0 fully saturated rings. The van der Waals surface area contributed by atoms with Crippen molar-refractivity contribution in [3.05, 3.63) is 51.6 Å². The third kappa shape index (κ3) is 2.14. The van der Waals surface area contributed by atoms with Gasteiger partial charge in [0.2, 0.25) is 0 Å². The first-order chi connectivity index (χ1) is 7.70. The van der Waals surface area contributed by atoms with Crippen molar-refractivity contribution in [2.24, 2.45) is 0 Å². The van der Waals surface area contributed by atoms with Crippen LogP contribution in [0, 0.1) is 0 Å². The minimum Gasteiger partial charge on any atom is -0.497 e. The molecule has 0 saturated carbocycles. The van der Waals surface area contributed by atoms with E-state index in [-0.39, 0.29) is 5.69 Å². The molecule has 0 atom stereocenters.